The molecule has 4 nitrogen and oxygen atoms in total. The highest BCUT2D eigenvalue weighted by molar-refractivity contribution is 5.78. The minimum atomic E-state index is -0.463. The first-order chi connectivity index (χ1) is 9.19. The molecule has 1 aliphatic heterocycles. The average Bonchev–Trinajstić information content (AvgIpc) is 2.92. The van der Waals surface area contributed by atoms with Crippen molar-refractivity contribution in [3.63, 3.8) is 0 Å². The molecule has 100 valence electrons. The van der Waals surface area contributed by atoms with Gasteiger partial charge in [-0.1, -0.05) is 12.1 Å². The van der Waals surface area contributed by atoms with Crippen molar-refractivity contribution in [3.8, 4) is 6.07 Å². The summed E-state index contributed by atoms with van der Waals surface area (Å²) in [6.07, 6.45) is 2.40. The fraction of sp³-hybridized carbons (Fsp3) is 0.467. The smallest absolute Gasteiger partial charge is 0.225 e. The SMILES string of the molecule is Cc1cccc(NC(C#N)CC(=O)N2CCCC2)c1. The van der Waals surface area contributed by atoms with Gasteiger partial charge in [0.15, 0.2) is 0 Å². The molecule has 4 heteroatoms. The monoisotopic (exact) mass is 257 g/mol. The Labute approximate surface area is 114 Å². The molecule has 1 saturated heterocycles. The first-order valence-corrected chi connectivity index (χ1v) is 6.69. The Hall–Kier alpha value is -2.02. The van der Waals surface area contributed by atoms with Gasteiger partial charge >= 0.3 is 0 Å². The number of amides is 1. The third-order valence-corrected chi connectivity index (χ3v) is 3.35. The number of hydrogen-bond donors (Lipinski definition) is 1. The first kappa shape index (κ1) is 13.4. The van der Waals surface area contributed by atoms with Gasteiger partial charge in [-0.25, -0.2) is 0 Å². The fourth-order valence-electron chi connectivity index (χ4n) is 2.34. The van der Waals surface area contributed by atoms with E-state index in [0.717, 1.165) is 37.2 Å². The van der Waals surface area contributed by atoms with E-state index in [2.05, 4.69) is 11.4 Å². The van der Waals surface area contributed by atoms with E-state index in [1.807, 2.05) is 36.1 Å². The van der Waals surface area contributed by atoms with Gasteiger partial charge in [0.1, 0.15) is 6.04 Å². The van der Waals surface area contributed by atoms with Crippen LogP contribution in [0.3, 0.4) is 0 Å². The molecule has 0 aromatic heterocycles. The zero-order chi connectivity index (χ0) is 13.7. The molecule has 0 spiro atoms. The number of nitriles is 1. The maximum Gasteiger partial charge on any atom is 0.225 e. The number of nitrogens with zero attached hydrogens (tertiary/aromatic N) is 2. The van der Waals surface area contributed by atoms with Gasteiger partial charge in [-0.05, 0) is 37.5 Å². The molecule has 1 N–H and O–H groups in total. The van der Waals surface area contributed by atoms with Gasteiger partial charge in [0, 0.05) is 18.8 Å². The van der Waals surface area contributed by atoms with Crippen LogP contribution in [0.2, 0.25) is 0 Å². The summed E-state index contributed by atoms with van der Waals surface area (Å²) < 4.78 is 0. The average molecular weight is 257 g/mol. The summed E-state index contributed by atoms with van der Waals surface area (Å²) in [6, 6.07) is 9.53. The molecule has 0 aliphatic carbocycles. The number of carbonyl (C=O) groups excluding carboxylic acids is 1. The number of anilines is 1. The van der Waals surface area contributed by atoms with Gasteiger partial charge in [-0.3, -0.25) is 4.79 Å². The van der Waals surface area contributed by atoms with Crippen molar-refractivity contribution in [2.24, 2.45) is 0 Å². The number of benzene rings is 1. The largest absolute Gasteiger partial charge is 0.369 e. The number of aryl methyl sites for hydroxylation is 1. The number of carbonyl (C=O) groups is 1. The van der Waals surface area contributed by atoms with Crippen molar-refractivity contribution in [1.82, 2.24) is 4.90 Å². The Morgan fingerprint density at radius 1 is 1.47 bits per heavy atom. The minimum absolute atomic E-state index is 0.0733. The van der Waals surface area contributed by atoms with E-state index in [9.17, 15) is 4.79 Å². The summed E-state index contributed by atoms with van der Waals surface area (Å²) in [7, 11) is 0. The maximum absolute atomic E-state index is 12.0. The summed E-state index contributed by atoms with van der Waals surface area (Å²) >= 11 is 0. The summed E-state index contributed by atoms with van der Waals surface area (Å²) in [4.78, 5) is 13.9. The van der Waals surface area contributed by atoms with Gasteiger partial charge in [0.05, 0.1) is 12.5 Å². The van der Waals surface area contributed by atoms with Crippen LogP contribution in [0.5, 0.6) is 0 Å². The number of likely N-dealkylation sites (tertiary alicyclic amines) is 1. The second kappa shape index (κ2) is 6.24. The summed E-state index contributed by atoms with van der Waals surface area (Å²) in [5.41, 5.74) is 2.02. The molecule has 1 heterocycles. The molecule has 0 radical (unpaired) electrons. The quantitative estimate of drug-likeness (QED) is 0.900. The van der Waals surface area contributed by atoms with Crippen LogP contribution in [0, 0.1) is 18.3 Å². The van der Waals surface area contributed by atoms with E-state index in [4.69, 9.17) is 5.26 Å². The van der Waals surface area contributed by atoms with Crippen LogP contribution in [-0.4, -0.2) is 29.9 Å². The zero-order valence-electron chi connectivity index (χ0n) is 11.2. The van der Waals surface area contributed by atoms with E-state index in [0.29, 0.717) is 0 Å². The highest BCUT2D eigenvalue weighted by Gasteiger charge is 2.21. The van der Waals surface area contributed by atoms with Crippen LogP contribution in [-0.2, 0) is 4.79 Å². The van der Waals surface area contributed by atoms with Gasteiger partial charge < -0.3 is 10.2 Å². The summed E-state index contributed by atoms with van der Waals surface area (Å²) in [6.45, 7) is 3.67. The van der Waals surface area contributed by atoms with Gasteiger partial charge in [-0.2, -0.15) is 5.26 Å². The molecule has 1 fully saturated rings. The van der Waals surface area contributed by atoms with Crippen LogP contribution in [0.1, 0.15) is 24.8 Å². The molecular formula is C15H19N3O. The van der Waals surface area contributed by atoms with Crippen molar-refractivity contribution in [2.45, 2.75) is 32.2 Å². The Morgan fingerprint density at radius 2 is 2.21 bits per heavy atom. The molecule has 1 atom stereocenters. The normalized spacial score (nSPS) is 15.9. The van der Waals surface area contributed by atoms with Gasteiger partial charge in [0.2, 0.25) is 5.91 Å². The van der Waals surface area contributed by atoms with Gasteiger partial charge in [0.25, 0.3) is 0 Å². The van der Waals surface area contributed by atoms with Crippen molar-refractivity contribution in [2.75, 3.05) is 18.4 Å². The van der Waals surface area contributed by atoms with Crippen molar-refractivity contribution < 1.29 is 4.79 Å². The van der Waals surface area contributed by atoms with Crippen LogP contribution in [0.15, 0.2) is 24.3 Å². The fourth-order valence-corrected chi connectivity index (χ4v) is 2.34. The third kappa shape index (κ3) is 3.72. The number of hydrogen-bond acceptors (Lipinski definition) is 3. The molecule has 1 unspecified atom stereocenters. The Morgan fingerprint density at radius 3 is 2.84 bits per heavy atom. The van der Waals surface area contributed by atoms with Crippen LogP contribution in [0.25, 0.3) is 0 Å². The first-order valence-electron chi connectivity index (χ1n) is 6.69. The minimum Gasteiger partial charge on any atom is -0.369 e. The lowest BCUT2D eigenvalue weighted by atomic mass is 10.1. The maximum atomic E-state index is 12.0. The third-order valence-electron chi connectivity index (χ3n) is 3.35. The Balaban J connectivity index is 1.93. The lowest BCUT2D eigenvalue weighted by Gasteiger charge is -2.18. The number of rotatable bonds is 4. The van der Waals surface area contributed by atoms with E-state index in [-0.39, 0.29) is 12.3 Å². The molecule has 1 aromatic carbocycles. The van der Waals surface area contributed by atoms with Crippen molar-refractivity contribution >= 4 is 11.6 Å². The van der Waals surface area contributed by atoms with E-state index in [1.54, 1.807) is 0 Å². The molecule has 1 aliphatic rings. The second-order valence-electron chi connectivity index (χ2n) is 4.99. The standard InChI is InChI=1S/C15H19N3O/c1-12-5-4-6-13(9-12)17-14(11-16)10-15(19)18-7-2-3-8-18/h4-6,9,14,17H,2-3,7-8,10H2,1H3. The molecule has 19 heavy (non-hydrogen) atoms. The van der Waals surface area contributed by atoms with Crippen LogP contribution < -0.4 is 5.32 Å². The highest BCUT2D eigenvalue weighted by atomic mass is 16.2. The topological polar surface area (TPSA) is 56.1 Å². The van der Waals surface area contributed by atoms with Crippen molar-refractivity contribution in [1.29, 1.82) is 5.26 Å². The lowest BCUT2D eigenvalue weighted by molar-refractivity contribution is -0.130. The van der Waals surface area contributed by atoms with Gasteiger partial charge in [-0.15, -0.1) is 0 Å². The molecule has 1 amide bonds. The van der Waals surface area contributed by atoms with E-state index >= 15 is 0 Å². The predicted octanol–water partition coefficient (Wildman–Crippen LogP) is 2.31. The summed E-state index contributed by atoms with van der Waals surface area (Å²) in [5.74, 6) is 0.0733. The van der Waals surface area contributed by atoms with Crippen LogP contribution >= 0.6 is 0 Å². The Bertz CT molecular complexity index is 486. The second-order valence-corrected chi connectivity index (χ2v) is 4.99. The molecular weight excluding hydrogens is 238 g/mol. The zero-order valence-corrected chi connectivity index (χ0v) is 11.2. The van der Waals surface area contributed by atoms with Crippen LogP contribution in [0.4, 0.5) is 5.69 Å². The highest BCUT2D eigenvalue weighted by Crippen LogP contribution is 2.14. The number of nitrogens with one attached hydrogen (secondary N) is 1. The van der Waals surface area contributed by atoms with E-state index < -0.39 is 6.04 Å². The summed E-state index contributed by atoms with van der Waals surface area (Å²) in [5, 5.41) is 12.3. The lowest BCUT2D eigenvalue weighted by Crippen LogP contribution is -2.32. The van der Waals surface area contributed by atoms with Crippen molar-refractivity contribution in [3.05, 3.63) is 29.8 Å². The molecule has 2 rings (SSSR count). The Kier molecular flexibility index (Phi) is 4.40. The van der Waals surface area contributed by atoms with E-state index in [1.165, 1.54) is 0 Å². The molecule has 1 aromatic rings. The molecule has 0 bridgehead atoms. The molecule has 0 saturated carbocycles. The predicted molar refractivity (Wildman–Crippen MR) is 74.6 cm³/mol.